The van der Waals surface area contributed by atoms with Gasteiger partial charge in [-0.3, -0.25) is 0 Å². The molecule has 2 aromatic heterocycles. The number of hydrogen-bond donors (Lipinski definition) is 4. The predicted octanol–water partition coefficient (Wildman–Crippen LogP) is 3.66. The average Bonchev–Trinajstić information content (AvgIpc) is 3.17. The second-order valence-electron chi connectivity index (χ2n) is 7.19. The van der Waals surface area contributed by atoms with E-state index in [1.165, 1.54) is 14.2 Å². The summed E-state index contributed by atoms with van der Waals surface area (Å²) in [7, 11) is 3.00. The van der Waals surface area contributed by atoms with Crippen molar-refractivity contribution in [1.29, 1.82) is 0 Å². The molecule has 0 spiro atoms. The van der Waals surface area contributed by atoms with Crippen molar-refractivity contribution in [2.75, 3.05) is 37.9 Å². The number of anilines is 2. The molecule has 0 aliphatic carbocycles. The summed E-state index contributed by atoms with van der Waals surface area (Å²) in [6.45, 7) is 3.07. The highest BCUT2D eigenvalue weighted by atomic mass is 16.5. The second kappa shape index (κ2) is 8.93. The van der Waals surface area contributed by atoms with E-state index in [2.05, 4.69) is 20.7 Å². The summed E-state index contributed by atoms with van der Waals surface area (Å²) in [5.74, 6) is 1.65. The summed E-state index contributed by atoms with van der Waals surface area (Å²) < 4.78 is 12.2. The molecule has 0 atom stereocenters. The number of methoxy groups -OCH3 is 2. The van der Waals surface area contributed by atoms with Crippen LogP contribution in [-0.2, 0) is 0 Å². The van der Waals surface area contributed by atoms with Crippen LogP contribution in [0.5, 0.6) is 23.0 Å². The van der Waals surface area contributed by atoms with Crippen LogP contribution in [0, 0.1) is 6.92 Å². The van der Waals surface area contributed by atoms with Gasteiger partial charge in [-0.25, -0.2) is 4.98 Å². The van der Waals surface area contributed by atoms with Gasteiger partial charge in [-0.05, 0) is 19.1 Å². The number of ether oxygens (including phenoxy) is 2. The van der Waals surface area contributed by atoms with Gasteiger partial charge in [0, 0.05) is 48.1 Å². The number of aromatic nitrogens is 3. The molecule has 166 valence electrons. The van der Waals surface area contributed by atoms with Crippen LogP contribution in [0.2, 0.25) is 0 Å². The van der Waals surface area contributed by atoms with E-state index in [0.717, 1.165) is 11.4 Å². The van der Waals surface area contributed by atoms with Crippen molar-refractivity contribution >= 4 is 17.2 Å². The Balaban J connectivity index is 1.53. The predicted molar refractivity (Wildman–Crippen MR) is 123 cm³/mol. The van der Waals surface area contributed by atoms with E-state index < -0.39 is 0 Å². The van der Waals surface area contributed by atoms with Crippen LogP contribution in [0.15, 0.2) is 48.7 Å². The number of nitrogens with one attached hydrogen (secondary N) is 2. The van der Waals surface area contributed by atoms with E-state index >= 15 is 0 Å². The Kier molecular flexibility index (Phi) is 5.89. The van der Waals surface area contributed by atoms with Crippen molar-refractivity contribution in [3.05, 3.63) is 54.2 Å². The summed E-state index contributed by atoms with van der Waals surface area (Å²) in [4.78, 5) is 4.68. The van der Waals surface area contributed by atoms with Gasteiger partial charge in [0.1, 0.15) is 11.6 Å². The fourth-order valence-electron chi connectivity index (χ4n) is 3.47. The van der Waals surface area contributed by atoms with Crippen LogP contribution >= 0.6 is 0 Å². The van der Waals surface area contributed by atoms with Gasteiger partial charge in [0.25, 0.3) is 0 Å². The Morgan fingerprint density at radius 3 is 2.50 bits per heavy atom. The Morgan fingerprint density at radius 1 is 0.969 bits per heavy atom. The van der Waals surface area contributed by atoms with Crippen LogP contribution in [0.3, 0.4) is 0 Å². The molecule has 0 aliphatic rings. The highest BCUT2D eigenvalue weighted by molar-refractivity contribution is 5.72. The van der Waals surface area contributed by atoms with Crippen molar-refractivity contribution in [1.82, 2.24) is 14.6 Å². The van der Waals surface area contributed by atoms with Crippen molar-refractivity contribution < 1.29 is 19.7 Å². The minimum Gasteiger partial charge on any atom is -0.507 e. The van der Waals surface area contributed by atoms with E-state index in [1.54, 1.807) is 35.0 Å². The normalized spacial score (nSPS) is 10.8. The number of aryl methyl sites for hydroxylation is 1. The van der Waals surface area contributed by atoms with E-state index in [-0.39, 0.29) is 11.5 Å². The third kappa shape index (κ3) is 4.04. The Labute approximate surface area is 185 Å². The molecular weight excluding hydrogens is 410 g/mol. The van der Waals surface area contributed by atoms with Crippen LogP contribution in [0.25, 0.3) is 16.9 Å². The van der Waals surface area contributed by atoms with E-state index in [9.17, 15) is 10.2 Å². The lowest BCUT2D eigenvalue weighted by atomic mass is 10.1. The molecule has 2 heterocycles. The number of phenolic OH excluding ortho intramolecular Hbond substituents is 2. The number of hydrogen-bond acceptors (Lipinski definition) is 8. The number of fused-ring (bicyclic) bond motifs is 1. The highest BCUT2D eigenvalue weighted by Crippen LogP contribution is 2.39. The zero-order valence-electron chi connectivity index (χ0n) is 18.1. The van der Waals surface area contributed by atoms with Crippen molar-refractivity contribution in [3.8, 4) is 34.3 Å². The maximum Gasteiger partial charge on any atom is 0.203 e. The van der Waals surface area contributed by atoms with Crippen molar-refractivity contribution in [2.24, 2.45) is 0 Å². The largest absolute Gasteiger partial charge is 0.507 e. The number of aromatic hydroxyl groups is 2. The minimum atomic E-state index is -0.00233. The van der Waals surface area contributed by atoms with Crippen LogP contribution in [0.4, 0.5) is 11.5 Å². The molecule has 9 nitrogen and oxygen atoms in total. The van der Waals surface area contributed by atoms with Crippen LogP contribution in [-0.4, -0.2) is 52.1 Å². The lowest BCUT2D eigenvalue weighted by molar-refractivity contribution is 0.333. The molecule has 0 saturated heterocycles. The standard InChI is InChI=1S/C23H25N5O4/c1-14-13-26-28-21(12-17(27-23(14)28)16-6-4-5-7-18(16)29)25-9-8-24-15-10-19(30)22(32-3)20(11-15)31-2/h4-7,10-13,24-25,29-30H,8-9H2,1-3H3. The van der Waals surface area contributed by atoms with Gasteiger partial charge in [-0.15, -0.1) is 0 Å². The molecule has 0 amide bonds. The van der Waals surface area contributed by atoms with Gasteiger partial charge in [0.05, 0.1) is 26.1 Å². The second-order valence-corrected chi connectivity index (χ2v) is 7.19. The summed E-state index contributed by atoms with van der Waals surface area (Å²) in [5.41, 5.74) is 3.65. The quantitative estimate of drug-likeness (QED) is 0.310. The molecule has 0 unspecified atom stereocenters. The smallest absolute Gasteiger partial charge is 0.203 e. The number of nitrogens with zero attached hydrogens (tertiary/aromatic N) is 3. The molecule has 0 bridgehead atoms. The monoisotopic (exact) mass is 435 g/mol. The highest BCUT2D eigenvalue weighted by Gasteiger charge is 2.14. The van der Waals surface area contributed by atoms with E-state index in [4.69, 9.17) is 9.47 Å². The zero-order chi connectivity index (χ0) is 22.7. The van der Waals surface area contributed by atoms with Gasteiger partial charge in [0.15, 0.2) is 17.1 Å². The van der Waals surface area contributed by atoms with Crippen molar-refractivity contribution in [3.63, 3.8) is 0 Å². The molecular formula is C23H25N5O4. The van der Waals surface area contributed by atoms with Gasteiger partial charge in [-0.2, -0.15) is 9.61 Å². The van der Waals surface area contributed by atoms with E-state index in [1.807, 2.05) is 25.1 Å². The van der Waals surface area contributed by atoms with Crippen LogP contribution in [0.1, 0.15) is 5.56 Å². The third-order valence-corrected chi connectivity index (χ3v) is 5.05. The molecule has 0 saturated carbocycles. The fraction of sp³-hybridized carbons (Fsp3) is 0.217. The third-order valence-electron chi connectivity index (χ3n) is 5.05. The Bertz CT molecular complexity index is 1250. The number of phenols is 2. The molecule has 9 heteroatoms. The summed E-state index contributed by atoms with van der Waals surface area (Å²) >= 11 is 0. The number of para-hydroxylation sites is 1. The van der Waals surface area contributed by atoms with E-state index in [0.29, 0.717) is 47.2 Å². The number of benzene rings is 2. The van der Waals surface area contributed by atoms with Crippen LogP contribution < -0.4 is 20.1 Å². The molecule has 4 aromatic rings. The first-order chi connectivity index (χ1) is 15.5. The number of rotatable bonds is 8. The first-order valence-electron chi connectivity index (χ1n) is 10.1. The molecule has 0 fully saturated rings. The fourth-order valence-corrected chi connectivity index (χ4v) is 3.47. The lowest BCUT2D eigenvalue weighted by Gasteiger charge is -2.14. The van der Waals surface area contributed by atoms with Gasteiger partial charge in [-0.1, -0.05) is 12.1 Å². The average molecular weight is 435 g/mol. The molecule has 4 N–H and O–H groups in total. The summed E-state index contributed by atoms with van der Waals surface area (Å²) in [6, 6.07) is 12.3. The topological polar surface area (TPSA) is 113 Å². The minimum absolute atomic E-state index is 0.00233. The first kappa shape index (κ1) is 21.1. The Hall–Kier alpha value is -4.14. The maximum absolute atomic E-state index is 10.3. The van der Waals surface area contributed by atoms with Gasteiger partial charge < -0.3 is 30.3 Å². The molecule has 0 radical (unpaired) electrons. The zero-order valence-corrected chi connectivity index (χ0v) is 18.1. The Morgan fingerprint density at radius 2 is 1.75 bits per heavy atom. The summed E-state index contributed by atoms with van der Waals surface area (Å²) in [5, 5.41) is 31.4. The first-order valence-corrected chi connectivity index (χ1v) is 10.1. The van der Waals surface area contributed by atoms with Gasteiger partial charge in [0.2, 0.25) is 5.75 Å². The van der Waals surface area contributed by atoms with Crippen molar-refractivity contribution in [2.45, 2.75) is 6.92 Å². The SMILES string of the molecule is COc1cc(NCCNc2cc(-c3ccccc3O)nc3c(C)cnn23)cc(O)c1OC. The summed E-state index contributed by atoms with van der Waals surface area (Å²) in [6.07, 6.45) is 1.76. The molecule has 2 aromatic carbocycles. The lowest BCUT2D eigenvalue weighted by Crippen LogP contribution is -2.16. The van der Waals surface area contributed by atoms with Gasteiger partial charge >= 0.3 is 0 Å². The maximum atomic E-state index is 10.3. The molecule has 4 rings (SSSR count). The molecule has 32 heavy (non-hydrogen) atoms. The molecule has 0 aliphatic heterocycles.